The lowest BCUT2D eigenvalue weighted by Gasteiger charge is -2.17. The monoisotopic (exact) mass is 197 g/mol. The fraction of sp³-hybridized carbons (Fsp3) is 0.300. The number of amides is 1. The quantitative estimate of drug-likeness (QED) is 0.569. The van der Waals surface area contributed by atoms with Gasteiger partial charge in [-0.05, 0) is 12.1 Å². The Kier molecular flexibility index (Phi) is 3.19. The molecule has 1 rings (SSSR count). The number of hydrogen-bond acceptors (Lipinski definition) is 2. The van der Waals surface area contributed by atoms with Crippen LogP contribution in [0.2, 0.25) is 0 Å². The summed E-state index contributed by atoms with van der Waals surface area (Å²) < 4.78 is 13.0. The second-order valence-corrected chi connectivity index (χ2v) is 2.93. The first kappa shape index (κ1) is 10.7. The molecule has 0 aliphatic heterocycles. The Morgan fingerprint density at radius 3 is 2.57 bits per heavy atom. The Morgan fingerprint density at radius 2 is 2.07 bits per heavy atom. The molecule has 0 bridgehead atoms. The van der Waals surface area contributed by atoms with Gasteiger partial charge in [-0.1, -0.05) is 25.1 Å². The number of carbonyl (C=O) groups excluding carboxylic acids is 1. The van der Waals surface area contributed by atoms with E-state index in [1.54, 1.807) is 30.3 Å². The highest BCUT2D eigenvalue weighted by Crippen LogP contribution is 2.08. The Hall–Kier alpha value is -1.42. The molecule has 1 atom stereocenters. The molecule has 14 heavy (non-hydrogen) atoms. The van der Waals surface area contributed by atoms with E-state index in [1.807, 2.05) is 5.32 Å². The zero-order valence-corrected chi connectivity index (χ0v) is 7.83. The molecule has 0 aromatic heterocycles. The highest BCUT2D eigenvalue weighted by molar-refractivity contribution is 5.94. The summed E-state index contributed by atoms with van der Waals surface area (Å²) in [6.07, 6.45) is -0.189. The molecular weight excluding hydrogens is 185 g/mol. The number of rotatable bonds is 3. The van der Waals surface area contributed by atoms with Gasteiger partial charge in [-0.25, -0.2) is 0 Å². The predicted molar refractivity (Wildman–Crippen MR) is 50.3 cm³/mol. The number of halogens is 1. The van der Waals surface area contributed by atoms with Crippen LogP contribution in [-0.4, -0.2) is 17.0 Å². The van der Waals surface area contributed by atoms with E-state index in [0.29, 0.717) is 5.56 Å². The SMILES string of the molecule is CCC(O)(F)NC(=O)c1ccccc1. The third-order valence-corrected chi connectivity index (χ3v) is 1.81. The molecule has 0 heterocycles. The van der Waals surface area contributed by atoms with Gasteiger partial charge >= 0.3 is 0 Å². The first-order valence-corrected chi connectivity index (χ1v) is 4.34. The summed E-state index contributed by atoms with van der Waals surface area (Å²) in [6.45, 7) is 1.44. The van der Waals surface area contributed by atoms with E-state index in [2.05, 4.69) is 0 Å². The standard InChI is InChI=1S/C10H12FNO2/c1-2-10(11,14)12-9(13)8-6-4-3-5-7-8/h3-7,14H,2H2,1H3,(H,12,13). The Balaban J connectivity index is 2.69. The molecule has 0 aliphatic rings. The maximum absolute atomic E-state index is 13.0. The van der Waals surface area contributed by atoms with Crippen molar-refractivity contribution in [2.75, 3.05) is 0 Å². The highest BCUT2D eigenvalue weighted by Gasteiger charge is 2.25. The third kappa shape index (κ3) is 2.81. The molecule has 0 saturated heterocycles. The van der Waals surface area contributed by atoms with E-state index in [0.717, 1.165) is 0 Å². The zero-order valence-electron chi connectivity index (χ0n) is 7.83. The van der Waals surface area contributed by atoms with Crippen molar-refractivity contribution in [1.29, 1.82) is 0 Å². The summed E-state index contributed by atoms with van der Waals surface area (Å²) in [6, 6.07) is 8.16. The third-order valence-electron chi connectivity index (χ3n) is 1.81. The molecule has 0 spiro atoms. The summed E-state index contributed by atoms with van der Waals surface area (Å²) >= 11 is 0. The number of alkyl halides is 1. The second kappa shape index (κ2) is 4.19. The van der Waals surface area contributed by atoms with Crippen molar-refractivity contribution >= 4 is 5.91 Å². The molecule has 1 aromatic carbocycles. The number of hydrogen-bond donors (Lipinski definition) is 2. The fourth-order valence-corrected chi connectivity index (χ4v) is 0.924. The molecular formula is C10H12FNO2. The molecule has 4 heteroatoms. The van der Waals surface area contributed by atoms with Gasteiger partial charge < -0.3 is 5.11 Å². The Bertz CT molecular complexity index is 311. The predicted octanol–water partition coefficient (Wildman–Crippen LogP) is 1.44. The lowest BCUT2D eigenvalue weighted by atomic mass is 10.2. The summed E-state index contributed by atoms with van der Waals surface area (Å²) in [5.41, 5.74) is 0.317. The number of nitrogens with one attached hydrogen (secondary N) is 1. The second-order valence-electron chi connectivity index (χ2n) is 2.93. The fourth-order valence-electron chi connectivity index (χ4n) is 0.924. The largest absolute Gasteiger partial charge is 0.345 e. The average Bonchev–Trinajstić information content (AvgIpc) is 2.19. The lowest BCUT2D eigenvalue weighted by Crippen LogP contribution is -2.44. The molecule has 0 saturated carbocycles. The molecule has 0 radical (unpaired) electrons. The number of aliphatic hydroxyl groups is 1. The van der Waals surface area contributed by atoms with Gasteiger partial charge in [0.15, 0.2) is 0 Å². The van der Waals surface area contributed by atoms with Crippen molar-refractivity contribution in [3.8, 4) is 0 Å². The normalized spacial score (nSPS) is 14.5. The molecule has 1 amide bonds. The van der Waals surface area contributed by atoms with Gasteiger partial charge in [0.25, 0.3) is 11.9 Å². The van der Waals surface area contributed by atoms with Crippen molar-refractivity contribution in [2.24, 2.45) is 0 Å². The van der Waals surface area contributed by atoms with Gasteiger partial charge in [-0.3, -0.25) is 10.1 Å². The Morgan fingerprint density at radius 1 is 1.50 bits per heavy atom. The lowest BCUT2D eigenvalue weighted by molar-refractivity contribution is -0.109. The molecule has 0 fully saturated rings. The molecule has 1 unspecified atom stereocenters. The van der Waals surface area contributed by atoms with E-state index in [4.69, 9.17) is 5.11 Å². The number of carbonyl (C=O) groups is 1. The summed E-state index contributed by atoms with van der Waals surface area (Å²) in [4.78, 5) is 11.3. The average molecular weight is 197 g/mol. The summed E-state index contributed by atoms with van der Waals surface area (Å²) in [5.74, 6) is -3.26. The van der Waals surface area contributed by atoms with Crippen LogP contribution in [0.25, 0.3) is 0 Å². The van der Waals surface area contributed by atoms with Gasteiger partial charge in [0.1, 0.15) is 0 Å². The molecule has 2 N–H and O–H groups in total. The first-order valence-electron chi connectivity index (χ1n) is 4.34. The first-order chi connectivity index (χ1) is 6.55. The topological polar surface area (TPSA) is 49.3 Å². The van der Waals surface area contributed by atoms with Crippen LogP contribution in [0.5, 0.6) is 0 Å². The van der Waals surface area contributed by atoms with Crippen molar-refractivity contribution in [2.45, 2.75) is 19.3 Å². The summed E-state index contributed by atoms with van der Waals surface area (Å²) in [5, 5.41) is 10.8. The molecule has 1 aromatic rings. The van der Waals surface area contributed by atoms with E-state index in [-0.39, 0.29) is 6.42 Å². The van der Waals surface area contributed by atoms with Crippen LogP contribution in [0.15, 0.2) is 30.3 Å². The minimum absolute atomic E-state index is 0.189. The molecule has 76 valence electrons. The molecule has 0 aliphatic carbocycles. The van der Waals surface area contributed by atoms with Crippen molar-refractivity contribution in [3.63, 3.8) is 0 Å². The van der Waals surface area contributed by atoms with Gasteiger partial charge in [0, 0.05) is 12.0 Å². The van der Waals surface area contributed by atoms with Crippen LogP contribution in [-0.2, 0) is 0 Å². The highest BCUT2D eigenvalue weighted by atomic mass is 19.2. The van der Waals surface area contributed by atoms with Gasteiger partial charge in [0.2, 0.25) is 0 Å². The smallest absolute Gasteiger partial charge is 0.286 e. The minimum atomic E-state index is -2.63. The van der Waals surface area contributed by atoms with Crippen molar-refractivity contribution < 1.29 is 14.3 Å². The maximum atomic E-state index is 13.0. The van der Waals surface area contributed by atoms with Crippen LogP contribution in [0.4, 0.5) is 4.39 Å². The van der Waals surface area contributed by atoms with Crippen molar-refractivity contribution in [3.05, 3.63) is 35.9 Å². The van der Waals surface area contributed by atoms with E-state index in [9.17, 15) is 9.18 Å². The van der Waals surface area contributed by atoms with E-state index >= 15 is 0 Å². The van der Waals surface area contributed by atoms with Crippen LogP contribution < -0.4 is 5.32 Å². The van der Waals surface area contributed by atoms with Gasteiger partial charge in [0.05, 0.1) is 0 Å². The molecule has 3 nitrogen and oxygen atoms in total. The van der Waals surface area contributed by atoms with E-state index in [1.165, 1.54) is 6.92 Å². The van der Waals surface area contributed by atoms with Crippen LogP contribution in [0.1, 0.15) is 23.7 Å². The van der Waals surface area contributed by atoms with Gasteiger partial charge in [-0.15, -0.1) is 0 Å². The van der Waals surface area contributed by atoms with Crippen LogP contribution in [0, 0.1) is 0 Å². The number of benzene rings is 1. The Labute approximate surface area is 81.6 Å². The maximum Gasteiger partial charge on any atom is 0.286 e. The van der Waals surface area contributed by atoms with Gasteiger partial charge in [-0.2, -0.15) is 4.39 Å². The van der Waals surface area contributed by atoms with Crippen molar-refractivity contribution in [1.82, 2.24) is 5.32 Å². The summed E-state index contributed by atoms with van der Waals surface area (Å²) in [7, 11) is 0. The van der Waals surface area contributed by atoms with E-state index < -0.39 is 11.9 Å². The van der Waals surface area contributed by atoms with Crippen LogP contribution in [0.3, 0.4) is 0 Å². The zero-order chi connectivity index (χ0) is 10.6. The minimum Gasteiger partial charge on any atom is -0.345 e. The van der Waals surface area contributed by atoms with Crippen LogP contribution >= 0.6 is 0 Å².